The van der Waals surface area contributed by atoms with Gasteiger partial charge in [-0.05, 0) is 32.0 Å². The number of nitro groups is 1. The highest BCUT2D eigenvalue weighted by Gasteiger charge is 2.17. The molecular formula is C14H15N5O2. The summed E-state index contributed by atoms with van der Waals surface area (Å²) in [6, 6.07) is 8.19. The first-order valence-electron chi connectivity index (χ1n) is 6.45. The lowest BCUT2D eigenvalue weighted by Crippen LogP contribution is -2.19. The molecule has 0 radical (unpaired) electrons. The summed E-state index contributed by atoms with van der Waals surface area (Å²) in [5.74, 6) is 0. The fourth-order valence-electron chi connectivity index (χ4n) is 2.08. The van der Waals surface area contributed by atoms with Gasteiger partial charge in [0, 0.05) is 24.2 Å². The van der Waals surface area contributed by atoms with Crippen molar-refractivity contribution < 1.29 is 4.92 Å². The molecule has 0 aliphatic carbocycles. The van der Waals surface area contributed by atoms with Crippen LogP contribution in [0.25, 0.3) is 0 Å². The summed E-state index contributed by atoms with van der Waals surface area (Å²) in [6.07, 6.45) is 0.640. The molecule has 2 rings (SSSR count). The molecule has 0 bridgehead atoms. The van der Waals surface area contributed by atoms with Crippen LogP contribution in [0.4, 0.5) is 11.4 Å². The van der Waals surface area contributed by atoms with Crippen LogP contribution >= 0.6 is 0 Å². The third-order valence-electron chi connectivity index (χ3n) is 3.00. The molecule has 2 aromatic rings. The van der Waals surface area contributed by atoms with Crippen molar-refractivity contribution in [3.63, 3.8) is 0 Å². The van der Waals surface area contributed by atoms with Crippen LogP contribution in [0.5, 0.6) is 0 Å². The van der Waals surface area contributed by atoms with E-state index in [0.717, 1.165) is 11.4 Å². The minimum atomic E-state index is -0.491. The fourth-order valence-corrected chi connectivity index (χ4v) is 2.08. The second kappa shape index (κ2) is 6.05. The SMILES string of the molecule is Cc1cc(CC(C)Nc2ccc(C#N)cc2[N+](=O)[O-])n[nH]1. The van der Waals surface area contributed by atoms with E-state index in [-0.39, 0.29) is 17.3 Å². The van der Waals surface area contributed by atoms with E-state index in [0.29, 0.717) is 12.1 Å². The second-order valence-electron chi connectivity index (χ2n) is 4.89. The van der Waals surface area contributed by atoms with Gasteiger partial charge < -0.3 is 5.32 Å². The number of benzene rings is 1. The molecule has 0 fully saturated rings. The number of nitriles is 1. The van der Waals surface area contributed by atoms with Gasteiger partial charge >= 0.3 is 0 Å². The van der Waals surface area contributed by atoms with Gasteiger partial charge in [-0.3, -0.25) is 15.2 Å². The zero-order chi connectivity index (χ0) is 15.4. The van der Waals surface area contributed by atoms with Crippen LogP contribution in [0.3, 0.4) is 0 Å². The Morgan fingerprint density at radius 2 is 2.29 bits per heavy atom. The summed E-state index contributed by atoms with van der Waals surface area (Å²) >= 11 is 0. The molecule has 0 saturated heterocycles. The highest BCUT2D eigenvalue weighted by atomic mass is 16.6. The monoisotopic (exact) mass is 285 g/mol. The van der Waals surface area contributed by atoms with Crippen molar-refractivity contribution >= 4 is 11.4 Å². The first-order chi connectivity index (χ1) is 9.99. The topological polar surface area (TPSA) is 108 Å². The number of hydrogen-bond acceptors (Lipinski definition) is 5. The number of aromatic amines is 1. The van der Waals surface area contributed by atoms with Crippen molar-refractivity contribution in [2.45, 2.75) is 26.3 Å². The smallest absolute Gasteiger partial charge is 0.293 e. The van der Waals surface area contributed by atoms with Crippen molar-refractivity contribution in [1.82, 2.24) is 10.2 Å². The number of hydrogen-bond donors (Lipinski definition) is 2. The molecule has 1 aromatic heterocycles. The van der Waals surface area contributed by atoms with Crippen molar-refractivity contribution in [2.75, 3.05) is 5.32 Å². The first kappa shape index (κ1) is 14.5. The Kier molecular flexibility index (Phi) is 4.18. The zero-order valence-electron chi connectivity index (χ0n) is 11.8. The molecule has 1 heterocycles. The highest BCUT2D eigenvalue weighted by Crippen LogP contribution is 2.26. The van der Waals surface area contributed by atoms with E-state index in [9.17, 15) is 10.1 Å². The van der Waals surface area contributed by atoms with Gasteiger partial charge in [0.1, 0.15) is 5.69 Å². The Hall–Kier alpha value is -2.88. The Balaban J connectivity index is 2.15. The molecule has 108 valence electrons. The second-order valence-corrected chi connectivity index (χ2v) is 4.89. The van der Waals surface area contributed by atoms with E-state index >= 15 is 0 Å². The van der Waals surface area contributed by atoms with Gasteiger partial charge in [-0.15, -0.1) is 0 Å². The van der Waals surface area contributed by atoms with Crippen molar-refractivity contribution in [2.24, 2.45) is 0 Å². The minimum absolute atomic E-state index is 0.0284. The number of H-pyrrole nitrogens is 1. The Morgan fingerprint density at radius 1 is 1.52 bits per heavy atom. The molecule has 0 spiro atoms. The first-order valence-corrected chi connectivity index (χ1v) is 6.45. The van der Waals surface area contributed by atoms with Gasteiger partial charge in [0.2, 0.25) is 0 Å². The van der Waals surface area contributed by atoms with E-state index in [1.165, 1.54) is 6.07 Å². The molecule has 1 aromatic carbocycles. The van der Waals surface area contributed by atoms with Crippen molar-refractivity contribution in [1.29, 1.82) is 5.26 Å². The van der Waals surface area contributed by atoms with E-state index in [1.54, 1.807) is 12.1 Å². The standard InChI is InChI=1S/C14H15N5O2/c1-9(5-12-6-10(2)17-18-12)16-13-4-3-11(8-15)7-14(13)19(20)21/h3-4,6-7,9,16H,5H2,1-2H3,(H,17,18). The van der Waals surface area contributed by atoms with Gasteiger partial charge in [-0.25, -0.2) is 0 Å². The van der Waals surface area contributed by atoms with Crippen LogP contribution in [0, 0.1) is 28.4 Å². The van der Waals surface area contributed by atoms with Crippen molar-refractivity contribution in [3.05, 3.63) is 51.3 Å². The number of anilines is 1. The normalized spacial score (nSPS) is 11.7. The maximum absolute atomic E-state index is 11.1. The third-order valence-corrected chi connectivity index (χ3v) is 3.00. The van der Waals surface area contributed by atoms with Crippen molar-refractivity contribution in [3.8, 4) is 6.07 Å². The number of nitrogens with one attached hydrogen (secondary N) is 2. The van der Waals surface area contributed by atoms with Gasteiger partial charge in [0.15, 0.2) is 0 Å². The lowest BCUT2D eigenvalue weighted by atomic mass is 10.1. The molecule has 0 saturated carbocycles. The predicted molar refractivity (Wildman–Crippen MR) is 77.9 cm³/mol. The Bertz CT molecular complexity index is 702. The Labute approximate surface area is 121 Å². The number of aryl methyl sites for hydroxylation is 1. The van der Waals surface area contributed by atoms with Crippen LogP contribution < -0.4 is 5.32 Å². The fraction of sp³-hybridized carbons (Fsp3) is 0.286. The summed E-state index contributed by atoms with van der Waals surface area (Å²) < 4.78 is 0. The molecule has 7 nitrogen and oxygen atoms in total. The largest absolute Gasteiger partial charge is 0.377 e. The average molecular weight is 285 g/mol. The molecule has 1 unspecified atom stereocenters. The number of aromatic nitrogens is 2. The Morgan fingerprint density at radius 3 is 2.86 bits per heavy atom. The third kappa shape index (κ3) is 3.57. The molecule has 21 heavy (non-hydrogen) atoms. The highest BCUT2D eigenvalue weighted by molar-refractivity contribution is 5.64. The van der Waals surface area contributed by atoms with Gasteiger partial charge in [-0.2, -0.15) is 10.4 Å². The summed E-state index contributed by atoms with van der Waals surface area (Å²) in [7, 11) is 0. The number of rotatable bonds is 5. The summed E-state index contributed by atoms with van der Waals surface area (Å²) in [5.41, 5.74) is 2.44. The molecule has 2 N–H and O–H groups in total. The van der Waals surface area contributed by atoms with E-state index in [4.69, 9.17) is 5.26 Å². The van der Waals surface area contributed by atoms with Crippen LogP contribution in [-0.2, 0) is 6.42 Å². The maximum Gasteiger partial charge on any atom is 0.293 e. The summed E-state index contributed by atoms with van der Waals surface area (Å²) in [4.78, 5) is 10.6. The van der Waals surface area contributed by atoms with Gasteiger partial charge in [0.05, 0.1) is 22.2 Å². The molecule has 0 amide bonds. The van der Waals surface area contributed by atoms with Crippen LogP contribution in [0.1, 0.15) is 23.9 Å². The van der Waals surface area contributed by atoms with Crippen LogP contribution in [0.2, 0.25) is 0 Å². The lowest BCUT2D eigenvalue weighted by molar-refractivity contribution is -0.384. The maximum atomic E-state index is 11.1. The zero-order valence-corrected chi connectivity index (χ0v) is 11.8. The van der Waals surface area contributed by atoms with Crippen LogP contribution in [-0.4, -0.2) is 21.2 Å². The van der Waals surface area contributed by atoms with E-state index in [1.807, 2.05) is 26.0 Å². The van der Waals surface area contributed by atoms with Gasteiger partial charge in [0.25, 0.3) is 5.69 Å². The number of nitro benzene ring substituents is 1. The lowest BCUT2D eigenvalue weighted by Gasteiger charge is -2.14. The quantitative estimate of drug-likeness (QED) is 0.648. The molecule has 0 aliphatic heterocycles. The molecule has 1 atom stereocenters. The van der Waals surface area contributed by atoms with Crippen LogP contribution in [0.15, 0.2) is 24.3 Å². The molecular weight excluding hydrogens is 270 g/mol. The van der Waals surface area contributed by atoms with E-state index < -0.39 is 4.92 Å². The summed E-state index contributed by atoms with van der Waals surface area (Å²) in [6.45, 7) is 3.84. The van der Waals surface area contributed by atoms with Gasteiger partial charge in [-0.1, -0.05) is 0 Å². The predicted octanol–water partition coefficient (Wildman–Crippen LogP) is 2.54. The van der Waals surface area contributed by atoms with E-state index in [2.05, 4.69) is 15.5 Å². The summed E-state index contributed by atoms with van der Waals surface area (Å²) in [5, 5.41) is 30.0. The minimum Gasteiger partial charge on any atom is -0.377 e. The number of nitrogens with zero attached hydrogens (tertiary/aromatic N) is 3. The molecule has 7 heteroatoms. The molecule has 0 aliphatic rings. The average Bonchev–Trinajstić information content (AvgIpc) is 2.84.